The molecule has 0 aliphatic rings. The number of hydrogen-bond donors (Lipinski definition) is 1. The highest BCUT2D eigenvalue weighted by atomic mass is 35.5. The molecule has 19 heavy (non-hydrogen) atoms. The number of rotatable bonds is 2. The van der Waals surface area contributed by atoms with Gasteiger partial charge in [0.05, 0.1) is 16.1 Å². The van der Waals surface area contributed by atoms with E-state index < -0.39 is 0 Å². The summed E-state index contributed by atoms with van der Waals surface area (Å²) >= 11 is 11.8. The number of nitrogens with zero attached hydrogens (tertiary/aromatic N) is 3. The van der Waals surface area contributed by atoms with Gasteiger partial charge in [-0.05, 0) is 11.5 Å². The molecule has 0 bridgehead atoms. The number of pyridine rings is 1. The third kappa shape index (κ3) is 3.05. The Balaban J connectivity index is 2.36. The van der Waals surface area contributed by atoms with Crippen molar-refractivity contribution in [3.63, 3.8) is 0 Å². The molecule has 2 N–H and O–H groups in total. The molecule has 0 amide bonds. The first-order chi connectivity index (χ1) is 8.79. The topological polar surface area (TPSA) is 77.8 Å². The van der Waals surface area contributed by atoms with E-state index in [1.165, 1.54) is 6.20 Å². The van der Waals surface area contributed by atoms with Gasteiger partial charge in [0.15, 0.2) is 0 Å². The Morgan fingerprint density at radius 1 is 1.32 bits per heavy atom. The molecule has 0 saturated carbocycles. The zero-order valence-corrected chi connectivity index (χ0v) is 12.3. The molecule has 2 aromatic heterocycles. The Morgan fingerprint density at radius 2 is 2.00 bits per heavy atom. The zero-order chi connectivity index (χ0) is 14.2. The summed E-state index contributed by atoms with van der Waals surface area (Å²) in [7, 11) is 0. The molecule has 102 valence electrons. The van der Waals surface area contributed by atoms with Crippen molar-refractivity contribution in [1.82, 2.24) is 15.1 Å². The Labute approximate surface area is 121 Å². The first-order valence-corrected chi connectivity index (χ1v) is 6.45. The summed E-state index contributed by atoms with van der Waals surface area (Å²) < 4.78 is 5.17. The van der Waals surface area contributed by atoms with Crippen molar-refractivity contribution < 1.29 is 4.52 Å². The van der Waals surface area contributed by atoms with Crippen LogP contribution in [-0.4, -0.2) is 15.1 Å². The predicted molar refractivity (Wildman–Crippen MR) is 73.9 cm³/mol. The Kier molecular flexibility index (Phi) is 3.80. The quantitative estimate of drug-likeness (QED) is 0.918. The first-order valence-electron chi connectivity index (χ1n) is 5.69. The second-order valence-electron chi connectivity index (χ2n) is 5.28. The SMILES string of the molecule is CC(C)(C)C(N)c1nc(-c2ncc(Cl)cc2Cl)no1. The summed E-state index contributed by atoms with van der Waals surface area (Å²) in [6.07, 6.45) is 1.47. The highest BCUT2D eigenvalue weighted by molar-refractivity contribution is 6.35. The van der Waals surface area contributed by atoms with Crippen molar-refractivity contribution >= 4 is 23.2 Å². The van der Waals surface area contributed by atoms with Crippen LogP contribution in [0.3, 0.4) is 0 Å². The van der Waals surface area contributed by atoms with Crippen LogP contribution in [0.2, 0.25) is 10.0 Å². The zero-order valence-electron chi connectivity index (χ0n) is 10.8. The van der Waals surface area contributed by atoms with Crippen molar-refractivity contribution in [3.8, 4) is 11.5 Å². The van der Waals surface area contributed by atoms with Crippen LogP contribution in [0.5, 0.6) is 0 Å². The van der Waals surface area contributed by atoms with E-state index in [9.17, 15) is 0 Å². The van der Waals surface area contributed by atoms with E-state index in [4.69, 9.17) is 33.5 Å². The molecule has 2 aromatic rings. The Morgan fingerprint density at radius 3 is 2.58 bits per heavy atom. The van der Waals surface area contributed by atoms with Gasteiger partial charge in [-0.3, -0.25) is 0 Å². The number of halogens is 2. The molecule has 0 aliphatic heterocycles. The highest BCUT2D eigenvalue weighted by Crippen LogP contribution is 2.31. The van der Waals surface area contributed by atoms with Gasteiger partial charge in [-0.1, -0.05) is 49.1 Å². The van der Waals surface area contributed by atoms with Crippen LogP contribution in [0.1, 0.15) is 32.7 Å². The number of nitrogens with two attached hydrogens (primary N) is 1. The summed E-state index contributed by atoms with van der Waals surface area (Å²) in [5.41, 5.74) is 6.29. The van der Waals surface area contributed by atoms with E-state index in [1.54, 1.807) is 6.07 Å². The normalized spacial score (nSPS) is 13.6. The van der Waals surface area contributed by atoms with Gasteiger partial charge >= 0.3 is 0 Å². The second-order valence-corrected chi connectivity index (χ2v) is 6.13. The minimum Gasteiger partial charge on any atom is -0.337 e. The molecule has 7 heteroatoms. The van der Waals surface area contributed by atoms with Gasteiger partial charge in [0, 0.05) is 6.20 Å². The molecule has 0 saturated heterocycles. The summed E-state index contributed by atoms with van der Waals surface area (Å²) in [6, 6.07) is 1.21. The van der Waals surface area contributed by atoms with Gasteiger partial charge in [-0.2, -0.15) is 4.98 Å². The highest BCUT2D eigenvalue weighted by Gasteiger charge is 2.28. The van der Waals surface area contributed by atoms with Crippen LogP contribution >= 0.6 is 23.2 Å². The molecular formula is C12H14Cl2N4O. The maximum atomic E-state index is 6.05. The second kappa shape index (κ2) is 5.07. The Hall–Kier alpha value is -1.17. The monoisotopic (exact) mass is 300 g/mol. The summed E-state index contributed by atoms with van der Waals surface area (Å²) in [4.78, 5) is 8.34. The molecule has 0 spiro atoms. The smallest absolute Gasteiger partial charge is 0.244 e. The lowest BCUT2D eigenvalue weighted by Gasteiger charge is -2.23. The maximum absolute atomic E-state index is 6.05. The number of hydrogen-bond acceptors (Lipinski definition) is 5. The fraction of sp³-hybridized carbons (Fsp3) is 0.417. The molecule has 0 aliphatic carbocycles. The van der Waals surface area contributed by atoms with E-state index in [0.29, 0.717) is 27.5 Å². The van der Waals surface area contributed by atoms with Crippen LogP contribution in [0.25, 0.3) is 11.5 Å². The maximum Gasteiger partial charge on any atom is 0.244 e. The molecule has 5 nitrogen and oxygen atoms in total. The van der Waals surface area contributed by atoms with Gasteiger partial charge in [-0.15, -0.1) is 0 Å². The summed E-state index contributed by atoms with van der Waals surface area (Å²) in [6.45, 7) is 5.99. The lowest BCUT2D eigenvalue weighted by molar-refractivity contribution is 0.253. The van der Waals surface area contributed by atoms with E-state index in [-0.39, 0.29) is 11.5 Å². The third-order valence-corrected chi connectivity index (χ3v) is 3.16. The van der Waals surface area contributed by atoms with Gasteiger partial charge in [-0.25, -0.2) is 4.98 Å². The average Bonchev–Trinajstić information content (AvgIpc) is 2.75. The van der Waals surface area contributed by atoms with Crippen molar-refractivity contribution in [3.05, 3.63) is 28.2 Å². The van der Waals surface area contributed by atoms with Crippen LogP contribution in [0.4, 0.5) is 0 Å². The van der Waals surface area contributed by atoms with Gasteiger partial charge < -0.3 is 10.3 Å². The molecule has 2 heterocycles. The molecule has 0 fully saturated rings. The van der Waals surface area contributed by atoms with Gasteiger partial charge in [0.25, 0.3) is 0 Å². The molecule has 1 unspecified atom stereocenters. The van der Waals surface area contributed by atoms with Crippen molar-refractivity contribution in [2.75, 3.05) is 0 Å². The van der Waals surface area contributed by atoms with Crippen LogP contribution < -0.4 is 5.73 Å². The standard InChI is InChI=1S/C12H14Cl2N4O/c1-12(2,3)9(15)11-17-10(18-19-11)8-7(14)4-6(13)5-16-8/h4-5,9H,15H2,1-3H3. The number of aromatic nitrogens is 3. The minimum absolute atomic E-state index is 0.180. The summed E-state index contributed by atoms with van der Waals surface area (Å²) in [5, 5.41) is 4.67. The average molecular weight is 301 g/mol. The summed E-state index contributed by atoms with van der Waals surface area (Å²) in [5.74, 6) is 0.659. The minimum atomic E-state index is -0.361. The molecule has 1 atom stereocenters. The fourth-order valence-electron chi connectivity index (χ4n) is 1.41. The first kappa shape index (κ1) is 14.2. The van der Waals surface area contributed by atoms with Crippen LogP contribution in [0.15, 0.2) is 16.8 Å². The van der Waals surface area contributed by atoms with Gasteiger partial charge in [0.1, 0.15) is 5.69 Å². The molecular weight excluding hydrogens is 287 g/mol. The van der Waals surface area contributed by atoms with Crippen molar-refractivity contribution in [2.24, 2.45) is 11.1 Å². The molecule has 2 rings (SSSR count). The van der Waals surface area contributed by atoms with E-state index >= 15 is 0 Å². The largest absolute Gasteiger partial charge is 0.337 e. The Bertz CT molecular complexity index is 592. The lowest BCUT2D eigenvalue weighted by atomic mass is 9.87. The molecule has 0 aromatic carbocycles. The third-order valence-electron chi connectivity index (χ3n) is 2.66. The van der Waals surface area contributed by atoms with E-state index in [1.807, 2.05) is 20.8 Å². The van der Waals surface area contributed by atoms with Gasteiger partial charge in [0.2, 0.25) is 11.7 Å². The van der Waals surface area contributed by atoms with E-state index in [0.717, 1.165) is 0 Å². The van der Waals surface area contributed by atoms with Crippen molar-refractivity contribution in [1.29, 1.82) is 0 Å². The van der Waals surface area contributed by atoms with Crippen LogP contribution in [0, 0.1) is 5.41 Å². The predicted octanol–water partition coefficient (Wildman–Crippen LogP) is 3.48. The van der Waals surface area contributed by atoms with Crippen molar-refractivity contribution in [2.45, 2.75) is 26.8 Å². The van der Waals surface area contributed by atoms with Crippen LogP contribution in [-0.2, 0) is 0 Å². The van der Waals surface area contributed by atoms with E-state index in [2.05, 4.69) is 15.1 Å². The molecule has 0 radical (unpaired) electrons. The fourth-order valence-corrected chi connectivity index (χ4v) is 1.87. The lowest BCUT2D eigenvalue weighted by Crippen LogP contribution is -2.26.